The third-order valence-electron chi connectivity index (χ3n) is 2.32. The van der Waals surface area contributed by atoms with Crippen molar-refractivity contribution in [2.45, 2.75) is 19.9 Å². The van der Waals surface area contributed by atoms with E-state index in [0.717, 1.165) is 31.0 Å². The first kappa shape index (κ1) is 10.7. The van der Waals surface area contributed by atoms with E-state index < -0.39 is 0 Å². The van der Waals surface area contributed by atoms with Crippen LogP contribution in [0.3, 0.4) is 0 Å². The second kappa shape index (κ2) is 5.30. The third kappa shape index (κ3) is 3.08. The summed E-state index contributed by atoms with van der Waals surface area (Å²) in [4.78, 5) is 4.37. The van der Waals surface area contributed by atoms with Gasteiger partial charge in [0.15, 0.2) is 0 Å². The van der Waals surface area contributed by atoms with Gasteiger partial charge in [-0.25, -0.2) is 4.98 Å². The van der Waals surface area contributed by atoms with E-state index >= 15 is 0 Å². The lowest BCUT2D eigenvalue weighted by molar-refractivity contribution is 0.591. The maximum Gasteiger partial charge on any atom is 0.126 e. The Kier molecular flexibility index (Phi) is 3.53. The molecule has 4 heteroatoms. The van der Waals surface area contributed by atoms with Crippen molar-refractivity contribution < 1.29 is 0 Å². The van der Waals surface area contributed by atoms with E-state index in [2.05, 4.69) is 15.4 Å². The second-order valence-corrected chi connectivity index (χ2v) is 3.71. The number of nitrogens with one attached hydrogen (secondary N) is 1. The Morgan fingerprint density at radius 2 is 2.25 bits per heavy atom. The summed E-state index contributed by atoms with van der Waals surface area (Å²) in [5, 5.41) is 7.44. The summed E-state index contributed by atoms with van der Waals surface area (Å²) in [5.74, 6) is 0.945. The van der Waals surface area contributed by atoms with E-state index in [4.69, 9.17) is 0 Å². The normalized spacial score (nSPS) is 10.3. The topological polar surface area (TPSA) is 42.7 Å². The van der Waals surface area contributed by atoms with Gasteiger partial charge in [-0.1, -0.05) is 6.07 Å². The first-order chi connectivity index (χ1) is 7.84. The molecule has 0 saturated heterocycles. The van der Waals surface area contributed by atoms with E-state index in [9.17, 15) is 0 Å². The van der Waals surface area contributed by atoms with Crippen molar-refractivity contribution in [1.82, 2.24) is 14.8 Å². The summed E-state index contributed by atoms with van der Waals surface area (Å²) in [6.07, 6.45) is 4.82. The molecule has 0 atom stereocenters. The van der Waals surface area contributed by atoms with Gasteiger partial charge in [-0.3, -0.25) is 4.68 Å². The molecule has 84 valence electrons. The van der Waals surface area contributed by atoms with Gasteiger partial charge < -0.3 is 5.32 Å². The highest BCUT2D eigenvalue weighted by atomic mass is 15.3. The van der Waals surface area contributed by atoms with Crippen molar-refractivity contribution in [2.24, 2.45) is 0 Å². The Balaban J connectivity index is 1.72. The molecule has 0 radical (unpaired) electrons. The van der Waals surface area contributed by atoms with Crippen molar-refractivity contribution >= 4 is 5.82 Å². The molecular weight excluding hydrogens is 200 g/mol. The molecule has 4 nitrogen and oxygen atoms in total. The maximum atomic E-state index is 4.37. The highest BCUT2D eigenvalue weighted by Gasteiger charge is 1.94. The minimum Gasteiger partial charge on any atom is -0.370 e. The molecule has 2 aromatic rings. The Bertz CT molecular complexity index is 422. The van der Waals surface area contributed by atoms with Gasteiger partial charge in [0.05, 0.1) is 0 Å². The van der Waals surface area contributed by atoms with Crippen molar-refractivity contribution in [2.75, 3.05) is 11.9 Å². The van der Waals surface area contributed by atoms with E-state index in [1.807, 2.05) is 42.1 Å². The lowest BCUT2D eigenvalue weighted by Crippen LogP contribution is -2.08. The fourth-order valence-electron chi connectivity index (χ4n) is 1.53. The van der Waals surface area contributed by atoms with Crippen LogP contribution in [0.1, 0.15) is 12.1 Å². The Morgan fingerprint density at radius 1 is 1.31 bits per heavy atom. The predicted octanol–water partition coefficient (Wildman–Crippen LogP) is 2.09. The average molecular weight is 216 g/mol. The highest BCUT2D eigenvalue weighted by molar-refractivity contribution is 5.34. The number of aryl methyl sites for hydroxylation is 2. The molecule has 0 aliphatic carbocycles. The fourth-order valence-corrected chi connectivity index (χ4v) is 1.53. The predicted molar refractivity (Wildman–Crippen MR) is 64.3 cm³/mol. The van der Waals surface area contributed by atoms with Crippen molar-refractivity contribution in [3.63, 3.8) is 0 Å². The van der Waals surface area contributed by atoms with Crippen LogP contribution in [0.15, 0.2) is 36.7 Å². The number of hydrogen-bond donors (Lipinski definition) is 1. The van der Waals surface area contributed by atoms with E-state index in [1.165, 1.54) is 0 Å². The number of aromatic nitrogens is 3. The molecule has 0 spiro atoms. The molecule has 1 N–H and O–H groups in total. The number of rotatable bonds is 5. The third-order valence-corrected chi connectivity index (χ3v) is 2.32. The summed E-state index contributed by atoms with van der Waals surface area (Å²) in [5.41, 5.74) is 1.04. The Labute approximate surface area is 95.3 Å². The van der Waals surface area contributed by atoms with Gasteiger partial charge >= 0.3 is 0 Å². The van der Waals surface area contributed by atoms with Gasteiger partial charge in [0, 0.05) is 31.2 Å². The van der Waals surface area contributed by atoms with E-state index in [0.29, 0.717) is 0 Å². The van der Waals surface area contributed by atoms with Crippen LogP contribution in [-0.4, -0.2) is 21.3 Å². The zero-order chi connectivity index (χ0) is 11.2. The molecule has 0 fully saturated rings. The minimum atomic E-state index is 0.913. The number of nitrogens with zero attached hydrogens (tertiary/aromatic N) is 3. The summed E-state index contributed by atoms with van der Waals surface area (Å²) in [6.45, 7) is 3.84. The Hall–Kier alpha value is -1.84. The molecule has 2 heterocycles. The van der Waals surface area contributed by atoms with Crippen LogP contribution in [0.2, 0.25) is 0 Å². The molecule has 0 unspecified atom stereocenters. The molecule has 0 saturated carbocycles. The molecule has 2 rings (SSSR count). The first-order valence-corrected chi connectivity index (χ1v) is 5.49. The summed E-state index contributed by atoms with van der Waals surface area (Å²) in [6, 6.07) is 7.93. The summed E-state index contributed by atoms with van der Waals surface area (Å²) in [7, 11) is 0. The molecule has 0 aromatic carbocycles. The van der Waals surface area contributed by atoms with E-state index in [1.54, 1.807) is 6.20 Å². The summed E-state index contributed by atoms with van der Waals surface area (Å²) < 4.78 is 1.94. The van der Waals surface area contributed by atoms with Gasteiger partial charge in [0.1, 0.15) is 5.82 Å². The first-order valence-electron chi connectivity index (χ1n) is 5.49. The van der Waals surface area contributed by atoms with Crippen LogP contribution < -0.4 is 5.32 Å². The second-order valence-electron chi connectivity index (χ2n) is 3.71. The SMILES string of the molecule is Cc1cccc(NCCCn2cccn2)n1. The van der Waals surface area contributed by atoms with Crippen LogP contribution >= 0.6 is 0 Å². The van der Waals surface area contributed by atoms with Gasteiger partial charge in [0.2, 0.25) is 0 Å². The van der Waals surface area contributed by atoms with Gasteiger partial charge in [-0.05, 0) is 31.5 Å². The van der Waals surface area contributed by atoms with Crippen molar-refractivity contribution in [3.8, 4) is 0 Å². The number of pyridine rings is 1. The van der Waals surface area contributed by atoms with Crippen LogP contribution in [0.25, 0.3) is 0 Å². The quantitative estimate of drug-likeness (QED) is 0.778. The minimum absolute atomic E-state index is 0.913. The van der Waals surface area contributed by atoms with Crippen molar-refractivity contribution in [1.29, 1.82) is 0 Å². The highest BCUT2D eigenvalue weighted by Crippen LogP contribution is 2.03. The average Bonchev–Trinajstić information content (AvgIpc) is 2.77. The largest absolute Gasteiger partial charge is 0.370 e. The van der Waals surface area contributed by atoms with Crippen LogP contribution in [-0.2, 0) is 6.54 Å². The molecule has 0 aliphatic heterocycles. The Morgan fingerprint density at radius 3 is 3.00 bits per heavy atom. The van der Waals surface area contributed by atoms with Crippen LogP contribution in [0, 0.1) is 6.92 Å². The smallest absolute Gasteiger partial charge is 0.126 e. The molecular formula is C12H16N4. The monoisotopic (exact) mass is 216 g/mol. The van der Waals surface area contributed by atoms with Gasteiger partial charge in [-0.2, -0.15) is 5.10 Å². The molecule has 2 aromatic heterocycles. The zero-order valence-corrected chi connectivity index (χ0v) is 9.43. The van der Waals surface area contributed by atoms with Gasteiger partial charge in [-0.15, -0.1) is 0 Å². The number of hydrogen-bond acceptors (Lipinski definition) is 3. The zero-order valence-electron chi connectivity index (χ0n) is 9.43. The van der Waals surface area contributed by atoms with Crippen molar-refractivity contribution in [3.05, 3.63) is 42.4 Å². The lowest BCUT2D eigenvalue weighted by atomic mass is 10.3. The van der Waals surface area contributed by atoms with E-state index in [-0.39, 0.29) is 0 Å². The molecule has 0 amide bonds. The summed E-state index contributed by atoms with van der Waals surface area (Å²) >= 11 is 0. The van der Waals surface area contributed by atoms with Crippen LogP contribution in [0.4, 0.5) is 5.82 Å². The fraction of sp³-hybridized carbons (Fsp3) is 0.333. The van der Waals surface area contributed by atoms with Crippen LogP contribution in [0.5, 0.6) is 0 Å². The lowest BCUT2D eigenvalue weighted by Gasteiger charge is -2.06. The molecule has 16 heavy (non-hydrogen) atoms. The standard InChI is InChI=1S/C12H16N4/c1-11-5-2-6-12(15-11)13-7-3-9-16-10-4-8-14-16/h2,4-6,8,10H,3,7,9H2,1H3,(H,13,15). The molecule has 0 aliphatic rings. The molecule has 0 bridgehead atoms. The van der Waals surface area contributed by atoms with Gasteiger partial charge in [0.25, 0.3) is 0 Å². The number of anilines is 1. The maximum absolute atomic E-state index is 4.37.